The number of nitrogens with one attached hydrogen (secondary N) is 1. The van der Waals surface area contributed by atoms with Crippen LogP contribution in [0.15, 0.2) is 0 Å². The van der Waals surface area contributed by atoms with Crippen molar-refractivity contribution in [2.75, 3.05) is 13.7 Å². The molecule has 0 aliphatic heterocycles. The Morgan fingerprint density at radius 3 is 2.53 bits per heavy atom. The molecule has 2 fully saturated rings. The highest BCUT2D eigenvalue weighted by Gasteiger charge is 2.47. The van der Waals surface area contributed by atoms with Crippen LogP contribution < -0.4 is 5.32 Å². The normalized spacial score (nSPS) is 34.1. The molecule has 2 saturated carbocycles. The summed E-state index contributed by atoms with van der Waals surface area (Å²) in [5.41, 5.74) is 0.164. The number of likely N-dealkylation sites (N-methyl/N-ethyl adjacent to an activating group) is 1. The third-order valence-corrected chi connectivity index (χ3v) is 5.05. The van der Waals surface area contributed by atoms with Crippen molar-refractivity contribution in [2.24, 2.45) is 11.8 Å². The maximum atomic E-state index is 5.91. The Morgan fingerprint density at radius 1 is 1.29 bits per heavy atom. The first-order valence-corrected chi connectivity index (χ1v) is 7.50. The molecule has 0 bridgehead atoms. The zero-order valence-electron chi connectivity index (χ0n) is 11.8. The molecule has 3 unspecified atom stereocenters. The van der Waals surface area contributed by atoms with Crippen LogP contribution >= 0.6 is 0 Å². The Balaban J connectivity index is 2.05. The van der Waals surface area contributed by atoms with Crippen LogP contribution in [0.5, 0.6) is 0 Å². The lowest BCUT2D eigenvalue weighted by molar-refractivity contribution is -0.115. The molecule has 2 nitrogen and oxygen atoms in total. The minimum atomic E-state index is 0.164. The summed E-state index contributed by atoms with van der Waals surface area (Å²) < 4.78 is 5.91. The molecule has 0 heterocycles. The molecule has 17 heavy (non-hydrogen) atoms. The van der Waals surface area contributed by atoms with E-state index in [-0.39, 0.29) is 5.60 Å². The van der Waals surface area contributed by atoms with E-state index in [0.29, 0.717) is 6.04 Å². The highest BCUT2D eigenvalue weighted by atomic mass is 16.5. The highest BCUT2D eigenvalue weighted by Crippen LogP contribution is 2.44. The smallest absolute Gasteiger partial charge is 0.0833 e. The van der Waals surface area contributed by atoms with E-state index in [1.54, 1.807) is 0 Å². The number of methoxy groups -OCH3 is 1. The molecule has 0 aromatic carbocycles. The predicted octanol–water partition coefficient (Wildman–Crippen LogP) is 3.36. The Bertz CT molecular complexity index is 232. The third kappa shape index (κ3) is 2.68. The molecule has 100 valence electrons. The van der Waals surface area contributed by atoms with E-state index in [0.717, 1.165) is 18.4 Å². The molecule has 0 saturated heterocycles. The van der Waals surface area contributed by atoms with E-state index < -0.39 is 0 Å². The fraction of sp³-hybridized carbons (Fsp3) is 1.00. The standard InChI is InChI=1S/C15H29NO/c1-4-16-14(15(17-3)9-6-10-15)13-8-5-7-12(2)11-13/h12-14,16H,4-11H2,1-3H3. The Morgan fingerprint density at radius 2 is 2.06 bits per heavy atom. The average molecular weight is 239 g/mol. The molecule has 1 N–H and O–H groups in total. The van der Waals surface area contributed by atoms with Gasteiger partial charge in [0.2, 0.25) is 0 Å². The Labute approximate surface area is 107 Å². The van der Waals surface area contributed by atoms with Crippen molar-refractivity contribution in [3.63, 3.8) is 0 Å². The first-order valence-electron chi connectivity index (χ1n) is 7.50. The topological polar surface area (TPSA) is 21.3 Å². The zero-order chi connectivity index (χ0) is 12.3. The SMILES string of the molecule is CCNC(C1CCCC(C)C1)C1(OC)CCC1. The predicted molar refractivity (Wildman–Crippen MR) is 72.2 cm³/mol. The van der Waals surface area contributed by atoms with Crippen molar-refractivity contribution in [3.05, 3.63) is 0 Å². The van der Waals surface area contributed by atoms with Gasteiger partial charge in [0.25, 0.3) is 0 Å². The lowest BCUT2D eigenvalue weighted by Crippen LogP contribution is -2.60. The molecule has 0 aromatic heterocycles. The molecule has 2 heteroatoms. The van der Waals surface area contributed by atoms with E-state index in [2.05, 4.69) is 19.2 Å². The van der Waals surface area contributed by atoms with Crippen molar-refractivity contribution < 1.29 is 4.74 Å². The number of hydrogen-bond donors (Lipinski definition) is 1. The van der Waals surface area contributed by atoms with Gasteiger partial charge in [-0.2, -0.15) is 0 Å². The number of hydrogen-bond acceptors (Lipinski definition) is 2. The maximum Gasteiger partial charge on any atom is 0.0833 e. The minimum Gasteiger partial charge on any atom is -0.377 e. The molecular formula is C15H29NO. The molecular weight excluding hydrogens is 210 g/mol. The second kappa shape index (κ2) is 5.71. The molecule has 0 spiro atoms. The summed E-state index contributed by atoms with van der Waals surface area (Å²) in [4.78, 5) is 0. The van der Waals surface area contributed by atoms with Crippen LogP contribution in [-0.2, 0) is 4.74 Å². The summed E-state index contributed by atoms with van der Waals surface area (Å²) in [7, 11) is 1.91. The fourth-order valence-electron chi connectivity index (χ4n) is 3.95. The summed E-state index contributed by atoms with van der Waals surface area (Å²) in [6.07, 6.45) is 9.48. The number of rotatable bonds is 5. The van der Waals surface area contributed by atoms with Gasteiger partial charge in [-0.3, -0.25) is 0 Å². The molecule has 0 amide bonds. The van der Waals surface area contributed by atoms with Gasteiger partial charge in [-0.15, -0.1) is 0 Å². The van der Waals surface area contributed by atoms with Crippen LogP contribution in [0, 0.1) is 11.8 Å². The van der Waals surface area contributed by atoms with Gasteiger partial charge in [-0.25, -0.2) is 0 Å². The van der Waals surface area contributed by atoms with Gasteiger partial charge in [-0.05, 0) is 50.5 Å². The Hall–Kier alpha value is -0.0800. The first-order chi connectivity index (χ1) is 8.22. The second-order valence-electron chi connectivity index (χ2n) is 6.19. The third-order valence-electron chi connectivity index (χ3n) is 5.05. The fourth-order valence-corrected chi connectivity index (χ4v) is 3.95. The average Bonchev–Trinajstić information content (AvgIpc) is 2.27. The zero-order valence-corrected chi connectivity index (χ0v) is 11.8. The van der Waals surface area contributed by atoms with Crippen molar-refractivity contribution in [2.45, 2.75) is 70.4 Å². The molecule has 3 atom stereocenters. The largest absolute Gasteiger partial charge is 0.377 e. The lowest BCUT2D eigenvalue weighted by Gasteiger charge is -2.51. The lowest BCUT2D eigenvalue weighted by atomic mass is 9.66. The quantitative estimate of drug-likeness (QED) is 0.794. The molecule has 2 aliphatic rings. The van der Waals surface area contributed by atoms with Crippen LogP contribution in [0.3, 0.4) is 0 Å². The monoisotopic (exact) mass is 239 g/mol. The van der Waals surface area contributed by atoms with Gasteiger partial charge in [0.1, 0.15) is 0 Å². The number of ether oxygens (including phenoxy) is 1. The van der Waals surface area contributed by atoms with E-state index >= 15 is 0 Å². The summed E-state index contributed by atoms with van der Waals surface area (Å²) >= 11 is 0. The van der Waals surface area contributed by atoms with E-state index in [4.69, 9.17) is 4.74 Å². The van der Waals surface area contributed by atoms with Gasteiger partial charge < -0.3 is 10.1 Å². The van der Waals surface area contributed by atoms with Crippen LogP contribution in [0.25, 0.3) is 0 Å². The summed E-state index contributed by atoms with van der Waals surface area (Å²) in [6, 6.07) is 0.592. The van der Waals surface area contributed by atoms with Crippen LogP contribution in [0.4, 0.5) is 0 Å². The van der Waals surface area contributed by atoms with Crippen molar-refractivity contribution >= 4 is 0 Å². The first kappa shape index (κ1) is 13.4. The summed E-state index contributed by atoms with van der Waals surface area (Å²) in [5, 5.41) is 3.74. The van der Waals surface area contributed by atoms with Crippen molar-refractivity contribution in [1.29, 1.82) is 0 Å². The molecule has 0 radical (unpaired) electrons. The summed E-state index contributed by atoms with van der Waals surface area (Å²) in [6.45, 7) is 5.71. The maximum absolute atomic E-state index is 5.91. The van der Waals surface area contributed by atoms with E-state index in [1.165, 1.54) is 44.9 Å². The van der Waals surface area contributed by atoms with Crippen LogP contribution in [-0.4, -0.2) is 25.3 Å². The second-order valence-corrected chi connectivity index (χ2v) is 6.19. The van der Waals surface area contributed by atoms with Gasteiger partial charge in [0.15, 0.2) is 0 Å². The van der Waals surface area contributed by atoms with Crippen molar-refractivity contribution in [1.82, 2.24) is 5.32 Å². The summed E-state index contributed by atoms with van der Waals surface area (Å²) in [5.74, 6) is 1.74. The van der Waals surface area contributed by atoms with Crippen LogP contribution in [0.1, 0.15) is 58.8 Å². The van der Waals surface area contributed by atoms with Gasteiger partial charge in [-0.1, -0.05) is 26.7 Å². The highest BCUT2D eigenvalue weighted by molar-refractivity contribution is 5.03. The van der Waals surface area contributed by atoms with Gasteiger partial charge in [0.05, 0.1) is 5.60 Å². The van der Waals surface area contributed by atoms with Gasteiger partial charge in [0, 0.05) is 13.2 Å². The van der Waals surface area contributed by atoms with Crippen molar-refractivity contribution in [3.8, 4) is 0 Å². The van der Waals surface area contributed by atoms with Crippen LogP contribution in [0.2, 0.25) is 0 Å². The Kier molecular flexibility index (Phi) is 4.48. The molecule has 0 aromatic rings. The van der Waals surface area contributed by atoms with Gasteiger partial charge >= 0.3 is 0 Å². The van der Waals surface area contributed by atoms with E-state index in [1.807, 2.05) is 7.11 Å². The minimum absolute atomic E-state index is 0.164. The van der Waals surface area contributed by atoms with E-state index in [9.17, 15) is 0 Å². The molecule has 2 rings (SSSR count). The molecule has 2 aliphatic carbocycles.